The second-order valence-corrected chi connectivity index (χ2v) is 7.14. The van der Waals surface area contributed by atoms with E-state index in [1.807, 2.05) is 0 Å². The Morgan fingerprint density at radius 1 is 1.65 bits per heavy atom. The first-order chi connectivity index (χ1) is 8.08. The maximum Gasteiger partial charge on any atom is 0.282 e. The molecule has 0 amide bonds. The van der Waals surface area contributed by atoms with Crippen molar-refractivity contribution in [3.8, 4) is 0 Å². The molecule has 1 heterocycles. The summed E-state index contributed by atoms with van der Waals surface area (Å²) < 4.78 is 17.3. The summed E-state index contributed by atoms with van der Waals surface area (Å²) >= 11 is 4.21. The van der Waals surface area contributed by atoms with Crippen LogP contribution < -0.4 is 0 Å². The van der Waals surface area contributed by atoms with Gasteiger partial charge in [0.15, 0.2) is 0 Å². The Kier molecular flexibility index (Phi) is 7.06. The third-order valence-electron chi connectivity index (χ3n) is 2.73. The Morgan fingerprint density at radius 2 is 2.41 bits per heavy atom. The molecule has 0 aromatic carbocycles. The van der Waals surface area contributed by atoms with Gasteiger partial charge in [-0.3, -0.25) is 0 Å². The van der Waals surface area contributed by atoms with Gasteiger partial charge in [0.2, 0.25) is 0 Å². The largest absolute Gasteiger partial charge is 0.393 e. The Morgan fingerprint density at radius 3 is 3.00 bits per heavy atom. The van der Waals surface area contributed by atoms with Crippen LogP contribution in [0.15, 0.2) is 0 Å². The number of aliphatic hydroxyl groups is 1. The van der Waals surface area contributed by atoms with Crippen molar-refractivity contribution < 1.29 is 19.3 Å². The van der Waals surface area contributed by atoms with Crippen molar-refractivity contribution in [2.24, 2.45) is 0 Å². The maximum absolute atomic E-state index is 9.23. The Labute approximate surface area is 111 Å². The van der Waals surface area contributed by atoms with Gasteiger partial charge in [0.05, 0.1) is 22.2 Å². The quantitative estimate of drug-likeness (QED) is 0.531. The number of hydrogen-bond acceptors (Lipinski definition) is 5. The summed E-state index contributed by atoms with van der Waals surface area (Å²) in [7, 11) is -0.291. The van der Waals surface area contributed by atoms with Gasteiger partial charge in [-0.2, -0.15) is 12.6 Å². The van der Waals surface area contributed by atoms with Crippen LogP contribution in [-0.2, 0) is 14.2 Å². The molecule has 1 fully saturated rings. The molecule has 1 aliphatic rings. The van der Waals surface area contributed by atoms with Gasteiger partial charge in [-0.1, -0.05) is 0 Å². The van der Waals surface area contributed by atoms with Crippen molar-refractivity contribution in [3.63, 3.8) is 0 Å². The lowest BCUT2D eigenvalue weighted by atomic mass is 10.2. The van der Waals surface area contributed by atoms with Crippen LogP contribution in [0.25, 0.3) is 0 Å². The van der Waals surface area contributed by atoms with Gasteiger partial charge in [0.1, 0.15) is 0 Å². The predicted molar refractivity (Wildman–Crippen MR) is 73.1 cm³/mol. The van der Waals surface area contributed by atoms with Crippen molar-refractivity contribution in [2.75, 3.05) is 18.6 Å². The van der Waals surface area contributed by atoms with Gasteiger partial charge in [0.25, 0.3) is 5.97 Å². The van der Waals surface area contributed by atoms with Gasteiger partial charge >= 0.3 is 0 Å². The molecule has 102 valence electrons. The zero-order chi connectivity index (χ0) is 12.7. The van der Waals surface area contributed by atoms with Crippen LogP contribution in [0, 0.1) is 0 Å². The van der Waals surface area contributed by atoms with Crippen LogP contribution in [0.5, 0.6) is 0 Å². The predicted octanol–water partition coefficient (Wildman–Crippen LogP) is 0.657. The van der Waals surface area contributed by atoms with E-state index in [0.717, 1.165) is 18.4 Å². The van der Waals surface area contributed by atoms with Crippen LogP contribution in [0.2, 0.25) is 0 Å². The molecule has 0 radical (unpaired) electrons. The van der Waals surface area contributed by atoms with Crippen molar-refractivity contribution in [2.45, 2.75) is 50.9 Å². The lowest BCUT2D eigenvalue weighted by molar-refractivity contribution is -0.391. The summed E-state index contributed by atoms with van der Waals surface area (Å²) in [4.78, 5) is 0. The van der Waals surface area contributed by atoms with Crippen LogP contribution in [0.4, 0.5) is 0 Å². The van der Waals surface area contributed by atoms with E-state index in [4.69, 9.17) is 14.2 Å². The molecule has 1 saturated heterocycles. The standard InChI is InChI=1S/C11H24O4SSi/c1-9(12)4-6-13-11(5-3-7-16)14-8-17-10(2)15-11/h9-10,12,16H,3-8,17H2,1-2H3. The fourth-order valence-corrected chi connectivity index (χ4v) is 3.03. The summed E-state index contributed by atoms with van der Waals surface area (Å²) in [5, 5.41) is 9.23. The molecule has 1 aliphatic heterocycles. The molecule has 1 N–H and O–H groups in total. The highest BCUT2D eigenvalue weighted by atomic mass is 32.1. The molecule has 0 spiro atoms. The van der Waals surface area contributed by atoms with Gasteiger partial charge in [-0.25, -0.2) is 0 Å². The van der Waals surface area contributed by atoms with Gasteiger partial charge < -0.3 is 19.3 Å². The third-order valence-corrected chi connectivity index (χ3v) is 4.46. The number of thiol groups is 1. The number of rotatable bonds is 7. The van der Waals surface area contributed by atoms with E-state index in [1.165, 1.54) is 0 Å². The zero-order valence-corrected chi connectivity index (χ0v) is 13.0. The Balaban J connectivity index is 2.45. The molecule has 17 heavy (non-hydrogen) atoms. The van der Waals surface area contributed by atoms with Gasteiger partial charge in [-0.15, -0.1) is 0 Å². The summed E-state index contributed by atoms with van der Waals surface area (Å²) in [5.74, 6) is -0.0949. The Bertz CT molecular complexity index is 218. The SMILES string of the molecule is CC(O)CCOC1(CCCS)OC[SiH2]C(C)O1. The van der Waals surface area contributed by atoms with E-state index in [-0.39, 0.29) is 21.4 Å². The smallest absolute Gasteiger partial charge is 0.282 e. The second-order valence-electron chi connectivity index (χ2n) is 4.56. The molecule has 0 bridgehead atoms. The van der Waals surface area contributed by atoms with E-state index < -0.39 is 5.97 Å². The summed E-state index contributed by atoms with van der Waals surface area (Å²) in [6.07, 6.45) is 2.64. The number of aliphatic hydroxyl groups excluding tert-OH is 1. The first-order valence-corrected chi connectivity index (χ1v) is 8.77. The van der Waals surface area contributed by atoms with Crippen molar-refractivity contribution in [1.82, 2.24) is 0 Å². The zero-order valence-electron chi connectivity index (χ0n) is 10.7. The highest BCUT2D eigenvalue weighted by molar-refractivity contribution is 7.80. The molecular formula is C11H24O4SSi. The summed E-state index contributed by atoms with van der Waals surface area (Å²) in [6.45, 7) is 4.29. The number of hydrogen-bond donors (Lipinski definition) is 2. The van der Waals surface area contributed by atoms with Crippen LogP contribution in [-0.4, -0.2) is 51.0 Å². The maximum atomic E-state index is 9.23. The molecule has 1 rings (SSSR count). The highest BCUT2D eigenvalue weighted by Crippen LogP contribution is 2.27. The topological polar surface area (TPSA) is 47.9 Å². The minimum absolute atomic E-state index is 0.287. The third kappa shape index (κ3) is 5.72. The molecule has 0 saturated carbocycles. The molecule has 3 unspecified atom stereocenters. The lowest BCUT2D eigenvalue weighted by Crippen LogP contribution is -2.49. The molecule has 0 aliphatic carbocycles. The van der Waals surface area contributed by atoms with E-state index in [0.29, 0.717) is 19.4 Å². The van der Waals surface area contributed by atoms with E-state index >= 15 is 0 Å². The fraction of sp³-hybridized carbons (Fsp3) is 1.00. The molecule has 4 nitrogen and oxygen atoms in total. The average Bonchev–Trinajstić information content (AvgIpc) is 2.26. The van der Waals surface area contributed by atoms with E-state index in [1.54, 1.807) is 6.92 Å². The monoisotopic (exact) mass is 280 g/mol. The van der Waals surface area contributed by atoms with Crippen LogP contribution in [0.1, 0.15) is 33.1 Å². The molecule has 0 aromatic heterocycles. The fourth-order valence-electron chi connectivity index (χ4n) is 1.74. The minimum Gasteiger partial charge on any atom is -0.393 e. The first-order valence-electron chi connectivity index (χ1n) is 6.32. The number of ether oxygens (including phenoxy) is 3. The molecular weight excluding hydrogens is 256 g/mol. The van der Waals surface area contributed by atoms with Crippen molar-refractivity contribution in [3.05, 3.63) is 0 Å². The summed E-state index contributed by atoms with van der Waals surface area (Å²) in [5.41, 5.74) is 0.287. The average molecular weight is 280 g/mol. The van der Waals surface area contributed by atoms with Gasteiger partial charge in [-0.05, 0) is 32.4 Å². The van der Waals surface area contributed by atoms with Crippen molar-refractivity contribution >= 4 is 22.1 Å². The van der Waals surface area contributed by atoms with Gasteiger partial charge in [0, 0.05) is 18.4 Å². The minimum atomic E-state index is -0.887. The second kappa shape index (κ2) is 7.76. The Hall–Kier alpha value is 0.407. The summed E-state index contributed by atoms with van der Waals surface area (Å²) in [6, 6.07) is 0. The molecule has 0 aromatic rings. The van der Waals surface area contributed by atoms with Crippen molar-refractivity contribution in [1.29, 1.82) is 0 Å². The lowest BCUT2D eigenvalue weighted by Gasteiger charge is -2.39. The van der Waals surface area contributed by atoms with E-state index in [9.17, 15) is 5.11 Å². The van der Waals surface area contributed by atoms with Crippen LogP contribution in [0.3, 0.4) is 0 Å². The van der Waals surface area contributed by atoms with E-state index in [2.05, 4.69) is 19.6 Å². The van der Waals surface area contributed by atoms with Crippen LogP contribution >= 0.6 is 12.6 Å². The normalized spacial score (nSPS) is 32.8. The highest BCUT2D eigenvalue weighted by Gasteiger charge is 2.38. The molecule has 6 heteroatoms. The molecule has 3 atom stereocenters. The first kappa shape index (κ1) is 15.5.